The monoisotopic (exact) mass is 1160 g/mol. The molecule has 0 fully saturated rings. The molecule has 468 valence electrons. The van der Waals surface area contributed by atoms with Crippen LogP contribution in [0.2, 0.25) is 0 Å². The molecule has 0 radical (unpaired) electrons. The molecule has 0 spiro atoms. The van der Waals surface area contributed by atoms with Crippen LogP contribution in [0, 0.1) is 0 Å². The van der Waals surface area contributed by atoms with Gasteiger partial charge in [-0.05, 0) is 128 Å². The largest absolute Gasteiger partial charge is 0.472 e. The average molecular weight is 1170 g/mol. The number of phosphoric acid groups is 1. The van der Waals surface area contributed by atoms with Crippen molar-refractivity contribution in [2.75, 3.05) is 26.4 Å². The topological polar surface area (TPSA) is 155 Å². The van der Waals surface area contributed by atoms with Crippen molar-refractivity contribution in [2.24, 2.45) is 0 Å². The molecule has 0 rings (SSSR count). The van der Waals surface area contributed by atoms with Crippen LogP contribution in [0.1, 0.15) is 265 Å². The second-order valence-electron chi connectivity index (χ2n) is 21.2. The molecule has 0 aliphatic carbocycles. The number of unbranched alkanes of at least 4 members (excludes halogenated alkanes) is 22. The molecule has 0 aromatic carbocycles. The van der Waals surface area contributed by atoms with Crippen LogP contribution in [0.25, 0.3) is 0 Å². The summed E-state index contributed by atoms with van der Waals surface area (Å²) in [6.07, 6.45) is 78.5. The molecule has 2 N–H and O–H groups in total. The lowest BCUT2D eigenvalue weighted by Crippen LogP contribution is -2.30. The molecule has 82 heavy (non-hydrogen) atoms. The molecule has 11 nitrogen and oxygen atoms in total. The maximum Gasteiger partial charge on any atom is 0.472 e. The van der Waals surface area contributed by atoms with Crippen LogP contribution in [0.3, 0.4) is 0 Å². The van der Waals surface area contributed by atoms with Gasteiger partial charge < -0.3 is 24.2 Å². The molecule has 0 aliphatic rings. The molecule has 0 aromatic heterocycles. The predicted molar refractivity (Wildman–Crippen MR) is 343 cm³/mol. The molecule has 0 aromatic rings. The minimum atomic E-state index is -4.77. The molecule has 0 heterocycles. The van der Waals surface area contributed by atoms with Crippen LogP contribution in [0.15, 0.2) is 122 Å². The van der Waals surface area contributed by atoms with Crippen molar-refractivity contribution in [3.8, 4) is 0 Å². The van der Waals surface area contributed by atoms with E-state index in [9.17, 15) is 28.9 Å². The van der Waals surface area contributed by atoms with E-state index in [0.717, 1.165) is 167 Å². The number of hydrogen-bond donors (Lipinski definition) is 2. The van der Waals surface area contributed by atoms with Crippen LogP contribution in [0.5, 0.6) is 0 Å². The summed E-state index contributed by atoms with van der Waals surface area (Å²) in [5.41, 5.74) is 0. The number of rotatable bonds is 59. The van der Waals surface area contributed by atoms with Crippen molar-refractivity contribution in [3.05, 3.63) is 122 Å². The van der Waals surface area contributed by atoms with E-state index < -0.39 is 57.8 Å². The highest BCUT2D eigenvalue weighted by Gasteiger charge is 2.28. The Hall–Kier alpha value is -4.12. The molecule has 3 atom stereocenters. The van der Waals surface area contributed by atoms with Gasteiger partial charge in [0.15, 0.2) is 6.10 Å². The van der Waals surface area contributed by atoms with Gasteiger partial charge in [-0.25, -0.2) is 4.57 Å². The van der Waals surface area contributed by atoms with Crippen LogP contribution < -0.4 is 0 Å². The molecule has 0 saturated carbocycles. The third-order valence-electron chi connectivity index (χ3n) is 13.3. The first kappa shape index (κ1) is 77.9. The summed E-state index contributed by atoms with van der Waals surface area (Å²) in [5.74, 6) is -1.51. The Morgan fingerprint density at radius 1 is 0.354 bits per heavy atom. The fourth-order valence-electron chi connectivity index (χ4n) is 8.49. The van der Waals surface area contributed by atoms with Gasteiger partial charge in [0.2, 0.25) is 0 Å². The Bertz CT molecular complexity index is 1840. The summed E-state index contributed by atoms with van der Waals surface area (Å²) in [7, 11) is -4.77. The third-order valence-corrected chi connectivity index (χ3v) is 14.3. The third kappa shape index (κ3) is 60.5. The number of hydrogen-bond acceptors (Lipinski definition) is 10. The maximum absolute atomic E-state index is 13.0. The lowest BCUT2D eigenvalue weighted by molar-refractivity contribution is -0.161. The summed E-state index contributed by atoms with van der Waals surface area (Å²) in [6.45, 7) is 4.37. The standard InChI is InChI=1S/C70H117O11P/c1-4-7-10-13-16-19-22-25-28-31-33-36-39-42-45-48-51-54-57-60-69(73)80-66(62-71)64-78-82(75,76)79-65-67(63-77-68(72)59-56-53-50-47-44-41-38-35-30-27-24-21-18-15-12-9-6-3)81-70(74)61-58-55-52-49-46-43-40-37-34-32-29-26-23-20-17-14-11-8-5-2/h8-9,11-12,16-21,25-30,33-34,36-37,66-67,71H,4-7,10,13-15,22-24,31-32,35,38-65H2,1-3H3,(H,75,76)/b11-8-,12-9-,19-16-,20-17-,21-18-,28-25-,29-26-,30-27-,36-33-,37-34-. The zero-order valence-corrected chi connectivity index (χ0v) is 52.8. The lowest BCUT2D eigenvalue weighted by atomic mass is 10.1. The van der Waals surface area contributed by atoms with Crippen molar-refractivity contribution in [1.82, 2.24) is 0 Å². The normalized spacial score (nSPS) is 14.1. The average Bonchev–Trinajstić information content (AvgIpc) is 3.50. The van der Waals surface area contributed by atoms with Gasteiger partial charge in [0.1, 0.15) is 12.7 Å². The van der Waals surface area contributed by atoms with Crippen LogP contribution in [0.4, 0.5) is 0 Å². The fourth-order valence-corrected chi connectivity index (χ4v) is 9.27. The Morgan fingerprint density at radius 3 is 0.976 bits per heavy atom. The predicted octanol–water partition coefficient (Wildman–Crippen LogP) is 19.9. The summed E-state index contributed by atoms with van der Waals surface area (Å²) >= 11 is 0. The number of carbonyl (C=O) groups excluding carboxylic acids is 3. The number of phosphoric ester groups is 1. The van der Waals surface area contributed by atoms with Gasteiger partial charge in [0.25, 0.3) is 0 Å². The first-order chi connectivity index (χ1) is 40.2. The minimum Gasteiger partial charge on any atom is -0.462 e. The summed E-state index contributed by atoms with van der Waals surface area (Å²) in [6, 6.07) is 0. The van der Waals surface area contributed by atoms with Gasteiger partial charge in [-0.1, -0.05) is 239 Å². The summed E-state index contributed by atoms with van der Waals surface area (Å²) in [5, 5.41) is 9.87. The highest BCUT2D eigenvalue weighted by atomic mass is 31.2. The van der Waals surface area contributed by atoms with Crippen LogP contribution in [-0.2, 0) is 42.2 Å². The molecule has 12 heteroatoms. The van der Waals surface area contributed by atoms with Crippen molar-refractivity contribution < 1.29 is 52.2 Å². The number of allylic oxidation sites excluding steroid dienone is 20. The smallest absolute Gasteiger partial charge is 0.462 e. The first-order valence-corrected chi connectivity index (χ1v) is 33.9. The Morgan fingerprint density at radius 2 is 0.634 bits per heavy atom. The summed E-state index contributed by atoms with van der Waals surface area (Å²) in [4.78, 5) is 48.8. The van der Waals surface area contributed by atoms with Gasteiger partial charge in [-0.3, -0.25) is 23.4 Å². The van der Waals surface area contributed by atoms with Gasteiger partial charge in [-0.15, -0.1) is 0 Å². The molecule has 0 amide bonds. The molecule has 3 unspecified atom stereocenters. The van der Waals surface area contributed by atoms with Crippen LogP contribution in [-0.4, -0.2) is 66.5 Å². The minimum absolute atomic E-state index is 0.142. The van der Waals surface area contributed by atoms with Gasteiger partial charge in [0.05, 0.1) is 19.8 Å². The number of carbonyl (C=O) groups is 3. The van der Waals surface area contributed by atoms with E-state index in [-0.39, 0.29) is 25.9 Å². The highest BCUT2D eigenvalue weighted by Crippen LogP contribution is 2.43. The van der Waals surface area contributed by atoms with E-state index in [0.29, 0.717) is 19.3 Å². The molecular weight excluding hydrogens is 1050 g/mol. The second kappa shape index (κ2) is 62.9. The van der Waals surface area contributed by atoms with Crippen molar-refractivity contribution in [1.29, 1.82) is 0 Å². The Labute approximate surface area is 500 Å². The Balaban J connectivity index is 4.75. The second-order valence-corrected chi connectivity index (χ2v) is 22.6. The number of esters is 3. The Kier molecular flexibility index (Phi) is 59.8. The quantitative estimate of drug-likeness (QED) is 0.0197. The van der Waals surface area contributed by atoms with E-state index in [4.69, 9.17) is 23.3 Å². The van der Waals surface area contributed by atoms with Gasteiger partial charge in [-0.2, -0.15) is 0 Å². The number of aliphatic hydroxyl groups excluding tert-OH is 1. The maximum atomic E-state index is 13.0. The van der Waals surface area contributed by atoms with Gasteiger partial charge >= 0.3 is 25.7 Å². The highest BCUT2D eigenvalue weighted by molar-refractivity contribution is 7.47. The summed E-state index contributed by atoms with van der Waals surface area (Å²) < 4.78 is 39.7. The van der Waals surface area contributed by atoms with E-state index in [1.165, 1.54) is 38.5 Å². The molecular formula is C70H117O11P. The van der Waals surface area contributed by atoms with E-state index in [2.05, 4.69) is 142 Å². The molecule has 0 bridgehead atoms. The van der Waals surface area contributed by atoms with Gasteiger partial charge in [0, 0.05) is 19.3 Å². The van der Waals surface area contributed by atoms with Crippen LogP contribution >= 0.6 is 7.82 Å². The van der Waals surface area contributed by atoms with E-state index in [1.54, 1.807) is 0 Å². The molecule has 0 aliphatic heterocycles. The SMILES string of the molecule is CC/C=C\C/C=C\C/C=C\C/C=C\CCCCCCCCC(=O)OC(COC(=O)CCCCCCCCC/C=C\C/C=C\C/C=C\CC)COP(=O)(O)OCC(CO)OC(=O)CCCCCCCC/C=C\C/C=C\C/C=C\CCCCC. The number of aliphatic hydroxyl groups is 1. The van der Waals surface area contributed by atoms with Crippen molar-refractivity contribution in [3.63, 3.8) is 0 Å². The molecule has 0 saturated heterocycles. The zero-order chi connectivity index (χ0) is 59.8. The lowest BCUT2D eigenvalue weighted by Gasteiger charge is -2.21. The van der Waals surface area contributed by atoms with Crippen molar-refractivity contribution in [2.45, 2.75) is 277 Å². The first-order valence-electron chi connectivity index (χ1n) is 32.4. The zero-order valence-electron chi connectivity index (χ0n) is 51.9. The number of ether oxygens (including phenoxy) is 3. The van der Waals surface area contributed by atoms with Crippen molar-refractivity contribution >= 4 is 25.7 Å². The van der Waals surface area contributed by atoms with E-state index >= 15 is 0 Å². The fraction of sp³-hybridized carbons (Fsp3) is 0.671. The van der Waals surface area contributed by atoms with E-state index in [1.807, 2.05) is 0 Å².